The van der Waals surface area contributed by atoms with Crippen LogP contribution < -0.4 is 10.6 Å². The molecule has 0 aromatic carbocycles. The zero-order valence-corrected chi connectivity index (χ0v) is 10.2. The molecule has 0 radical (unpaired) electrons. The molecule has 2 rings (SSSR count). The number of fused-ring (bicyclic) bond motifs is 1. The lowest BCUT2D eigenvalue weighted by Gasteiger charge is -2.16. The van der Waals surface area contributed by atoms with E-state index in [1.807, 2.05) is 11.8 Å². The van der Waals surface area contributed by atoms with Crippen molar-refractivity contribution in [3.63, 3.8) is 0 Å². The molecule has 0 bridgehead atoms. The van der Waals surface area contributed by atoms with Crippen molar-refractivity contribution in [2.45, 2.75) is 43.0 Å². The summed E-state index contributed by atoms with van der Waals surface area (Å²) in [4.78, 5) is 11.1. The standard InChI is InChI=1S/C10H17ClN2OS/c11-5-3-1-2-4-8-9-7(6-15-8)12-10(14)13-9/h7-9H,1-6H2,(H2,12,13,14)/t7-,8-,9-/m0/s1. The maximum atomic E-state index is 11.1. The molecule has 2 heterocycles. The van der Waals surface area contributed by atoms with E-state index in [1.165, 1.54) is 19.3 Å². The molecule has 2 N–H and O–H groups in total. The maximum absolute atomic E-state index is 11.1. The third kappa shape index (κ3) is 2.72. The Morgan fingerprint density at radius 1 is 1.33 bits per heavy atom. The maximum Gasteiger partial charge on any atom is 0.315 e. The van der Waals surface area contributed by atoms with Gasteiger partial charge in [-0.3, -0.25) is 0 Å². The van der Waals surface area contributed by atoms with Crippen molar-refractivity contribution in [2.75, 3.05) is 11.6 Å². The molecule has 2 saturated heterocycles. The van der Waals surface area contributed by atoms with Crippen molar-refractivity contribution in [2.24, 2.45) is 0 Å². The summed E-state index contributed by atoms with van der Waals surface area (Å²) >= 11 is 7.62. The molecule has 2 aliphatic heterocycles. The van der Waals surface area contributed by atoms with Gasteiger partial charge in [0.25, 0.3) is 0 Å². The smallest absolute Gasteiger partial charge is 0.315 e. The summed E-state index contributed by atoms with van der Waals surface area (Å²) in [5.74, 6) is 1.83. The number of hydrogen-bond donors (Lipinski definition) is 2. The van der Waals surface area contributed by atoms with E-state index < -0.39 is 0 Å². The molecule has 5 heteroatoms. The van der Waals surface area contributed by atoms with E-state index >= 15 is 0 Å². The SMILES string of the molecule is O=C1N[C@H]2[C@H](CS[C@H]2CCCCCCl)N1. The molecule has 86 valence electrons. The second-order valence-electron chi connectivity index (χ2n) is 4.16. The van der Waals surface area contributed by atoms with Crippen LogP contribution >= 0.6 is 23.4 Å². The molecule has 3 atom stereocenters. The third-order valence-electron chi connectivity index (χ3n) is 3.06. The Balaban J connectivity index is 1.72. The normalized spacial score (nSPS) is 33.7. The number of urea groups is 1. The summed E-state index contributed by atoms with van der Waals surface area (Å²) in [6, 6.07) is 0.732. The van der Waals surface area contributed by atoms with Gasteiger partial charge in [0.1, 0.15) is 0 Å². The minimum Gasteiger partial charge on any atom is -0.332 e. The lowest BCUT2D eigenvalue weighted by atomic mass is 10.0. The highest BCUT2D eigenvalue weighted by Gasteiger charge is 2.42. The first-order chi connectivity index (χ1) is 7.31. The molecule has 0 unspecified atom stereocenters. The van der Waals surface area contributed by atoms with E-state index in [1.54, 1.807) is 0 Å². The molecule has 2 aliphatic rings. The van der Waals surface area contributed by atoms with Crippen molar-refractivity contribution in [1.82, 2.24) is 10.6 Å². The van der Waals surface area contributed by atoms with E-state index in [2.05, 4.69) is 10.6 Å². The Morgan fingerprint density at radius 2 is 2.20 bits per heavy atom. The first-order valence-corrected chi connectivity index (χ1v) is 7.14. The summed E-state index contributed by atoms with van der Waals surface area (Å²) in [5.41, 5.74) is 0. The summed E-state index contributed by atoms with van der Waals surface area (Å²) in [7, 11) is 0. The van der Waals surface area contributed by atoms with Crippen LogP contribution in [-0.4, -0.2) is 35.0 Å². The summed E-state index contributed by atoms with van der Waals surface area (Å²) in [6.45, 7) is 0. The first kappa shape index (κ1) is 11.4. The fourth-order valence-electron chi connectivity index (χ4n) is 2.26. The molecular weight excluding hydrogens is 232 g/mol. The highest BCUT2D eigenvalue weighted by molar-refractivity contribution is 8.00. The molecule has 0 saturated carbocycles. The number of hydrogen-bond acceptors (Lipinski definition) is 2. The summed E-state index contributed by atoms with van der Waals surface area (Å²) in [6.07, 6.45) is 4.74. The molecule has 3 nitrogen and oxygen atoms in total. The van der Waals surface area contributed by atoms with Gasteiger partial charge in [-0.05, 0) is 12.8 Å². The number of amides is 2. The zero-order chi connectivity index (χ0) is 10.7. The van der Waals surface area contributed by atoms with Gasteiger partial charge in [-0.25, -0.2) is 4.79 Å². The topological polar surface area (TPSA) is 41.1 Å². The van der Waals surface area contributed by atoms with E-state index in [9.17, 15) is 4.79 Å². The first-order valence-electron chi connectivity index (χ1n) is 5.56. The van der Waals surface area contributed by atoms with Crippen LogP contribution in [0.4, 0.5) is 4.79 Å². The fraction of sp³-hybridized carbons (Fsp3) is 0.900. The summed E-state index contributed by atoms with van der Waals surface area (Å²) < 4.78 is 0. The lowest BCUT2D eigenvalue weighted by molar-refractivity contribution is 0.247. The highest BCUT2D eigenvalue weighted by atomic mass is 35.5. The lowest BCUT2D eigenvalue weighted by Crippen LogP contribution is -2.36. The molecule has 0 spiro atoms. The number of halogens is 1. The second kappa shape index (κ2) is 5.30. The highest BCUT2D eigenvalue weighted by Crippen LogP contribution is 2.33. The fourth-order valence-corrected chi connectivity index (χ4v) is 3.99. The minimum atomic E-state index is 0.0102. The molecule has 0 aromatic heterocycles. The number of carbonyl (C=O) groups is 1. The van der Waals surface area contributed by atoms with Crippen LogP contribution in [0.25, 0.3) is 0 Å². The van der Waals surface area contributed by atoms with Gasteiger partial charge in [-0.2, -0.15) is 11.8 Å². The van der Waals surface area contributed by atoms with Crippen LogP contribution in [0.2, 0.25) is 0 Å². The van der Waals surface area contributed by atoms with Crippen molar-refractivity contribution in [1.29, 1.82) is 0 Å². The number of unbranched alkanes of at least 4 members (excludes halogenated alkanes) is 2. The minimum absolute atomic E-state index is 0.0102. The molecule has 0 aromatic rings. The van der Waals surface area contributed by atoms with Crippen molar-refractivity contribution in [3.05, 3.63) is 0 Å². The van der Waals surface area contributed by atoms with Crippen LogP contribution in [-0.2, 0) is 0 Å². The van der Waals surface area contributed by atoms with Gasteiger partial charge in [0.05, 0.1) is 12.1 Å². The zero-order valence-electron chi connectivity index (χ0n) is 8.67. The molecular formula is C10H17ClN2OS. The largest absolute Gasteiger partial charge is 0.332 e. The molecule has 2 amide bonds. The van der Waals surface area contributed by atoms with Crippen LogP contribution in [0.15, 0.2) is 0 Å². The van der Waals surface area contributed by atoms with Gasteiger partial charge in [-0.15, -0.1) is 11.6 Å². The predicted octanol–water partition coefficient (Wildman–Crippen LogP) is 1.95. The van der Waals surface area contributed by atoms with Crippen molar-refractivity contribution < 1.29 is 4.79 Å². The van der Waals surface area contributed by atoms with Crippen LogP contribution in [0, 0.1) is 0 Å². The van der Waals surface area contributed by atoms with E-state index in [4.69, 9.17) is 11.6 Å². The van der Waals surface area contributed by atoms with E-state index in [0.717, 1.165) is 18.1 Å². The van der Waals surface area contributed by atoms with Gasteiger partial charge in [0.15, 0.2) is 0 Å². The van der Waals surface area contributed by atoms with Crippen LogP contribution in [0.5, 0.6) is 0 Å². The Hall–Kier alpha value is -0.0900. The number of thioether (sulfide) groups is 1. The number of nitrogens with one attached hydrogen (secondary N) is 2. The Kier molecular flexibility index (Phi) is 4.03. The number of rotatable bonds is 5. The number of alkyl halides is 1. The number of carbonyl (C=O) groups excluding carboxylic acids is 1. The monoisotopic (exact) mass is 248 g/mol. The van der Waals surface area contributed by atoms with E-state index in [0.29, 0.717) is 17.3 Å². The van der Waals surface area contributed by atoms with Crippen LogP contribution in [0.1, 0.15) is 25.7 Å². The van der Waals surface area contributed by atoms with Gasteiger partial charge >= 0.3 is 6.03 Å². The quantitative estimate of drug-likeness (QED) is 0.444. The van der Waals surface area contributed by atoms with Crippen molar-refractivity contribution in [3.8, 4) is 0 Å². The second-order valence-corrected chi connectivity index (χ2v) is 5.81. The van der Waals surface area contributed by atoms with Crippen LogP contribution in [0.3, 0.4) is 0 Å². The average molecular weight is 249 g/mol. The molecule has 15 heavy (non-hydrogen) atoms. The van der Waals surface area contributed by atoms with Gasteiger partial charge < -0.3 is 10.6 Å². The molecule has 2 fully saturated rings. The van der Waals surface area contributed by atoms with Gasteiger partial charge in [0.2, 0.25) is 0 Å². The Labute approximate surface area is 99.7 Å². The molecule has 0 aliphatic carbocycles. The third-order valence-corrected chi connectivity index (χ3v) is 4.84. The van der Waals surface area contributed by atoms with E-state index in [-0.39, 0.29) is 6.03 Å². The Bertz CT molecular complexity index is 239. The predicted molar refractivity (Wildman–Crippen MR) is 64.7 cm³/mol. The van der Waals surface area contributed by atoms with Gasteiger partial charge in [0, 0.05) is 16.9 Å². The van der Waals surface area contributed by atoms with Crippen molar-refractivity contribution >= 4 is 29.4 Å². The average Bonchev–Trinajstić information content (AvgIpc) is 2.73. The van der Waals surface area contributed by atoms with Gasteiger partial charge in [-0.1, -0.05) is 12.8 Å². The summed E-state index contributed by atoms with van der Waals surface area (Å²) in [5, 5.41) is 6.57. The Morgan fingerprint density at radius 3 is 3.00 bits per heavy atom.